The minimum absolute atomic E-state index is 0.298. The van der Waals surface area contributed by atoms with Gasteiger partial charge in [-0.15, -0.1) is 0 Å². The van der Waals surface area contributed by atoms with Crippen LogP contribution in [0.2, 0.25) is 0 Å². The van der Waals surface area contributed by atoms with Crippen molar-refractivity contribution in [3.63, 3.8) is 0 Å². The quantitative estimate of drug-likeness (QED) is 0.833. The second-order valence-electron chi connectivity index (χ2n) is 4.14. The Balaban J connectivity index is 2.10. The number of nitrogens with two attached hydrogens (primary N) is 1. The predicted molar refractivity (Wildman–Crippen MR) is 58.9 cm³/mol. The molecule has 1 aliphatic rings. The number of nitrogens with zero attached hydrogens (tertiary/aromatic N) is 2. The van der Waals surface area contributed by atoms with Crippen molar-refractivity contribution in [2.75, 3.05) is 19.6 Å². The molecule has 0 aliphatic carbocycles. The van der Waals surface area contributed by atoms with Gasteiger partial charge in [-0.25, -0.2) is 4.39 Å². The standard InChI is InChI=1S/C12H14FN3/c13-11-3-1-2-10(4-11)12(6-15)16-7-9(5-14)8-16/h1-4,9,12H,5,7-8,14H2. The molecule has 16 heavy (non-hydrogen) atoms. The van der Waals surface area contributed by atoms with Crippen molar-refractivity contribution in [1.29, 1.82) is 5.26 Å². The van der Waals surface area contributed by atoms with Crippen LogP contribution in [0.15, 0.2) is 24.3 Å². The molecule has 1 heterocycles. The number of hydrogen-bond donors (Lipinski definition) is 1. The summed E-state index contributed by atoms with van der Waals surface area (Å²) in [6.45, 7) is 2.30. The lowest BCUT2D eigenvalue weighted by molar-refractivity contribution is 0.0797. The molecule has 1 atom stereocenters. The zero-order valence-electron chi connectivity index (χ0n) is 8.94. The summed E-state index contributed by atoms with van der Waals surface area (Å²) >= 11 is 0. The van der Waals surface area contributed by atoms with Gasteiger partial charge in [0.05, 0.1) is 6.07 Å². The summed E-state index contributed by atoms with van der Waals surface area (Å²) in [5.41, 5.74) is 6.25. The third-order valence-corrected chi connectivity index (χ3v) is 2.97. The number of halogens is 1. The van der Waals surface area contributed by atoms with Gasteiger partial charge in [0.15, 0.2) is 0 Å². The average molecular weight is 219 g/mol. The monoisotopic (exact) mass is 219 g/mol. The van der Waals surface area contributed by atoms with Crippen LogP contribution in [0, 0.1) is 23.1 Å². The highest BCUT2D eigenvalue weighted by Gasteiger charge is 2.32. The fraction of sp³-hybridized carbons (Fsp3) is 0.417. The lowest BCUT2D eigenvalue weighted by Crippen LogP contribution is -2.50. The molecule has 0 amide bonds. The summed E-state index contributed by atoms with van der Waals surface area (Å²) in [4.78, 5) is 2.02. The predicted octanol–water partition coefficient (Wildman–Crippen LogP) is 1.28. The second-order valence-corrected chi connectivity index (χ2v) is 4.14. The van der Waals surface area contributed by atoms with Crippen LogP contribution >= 0.6 is 0 Å². The Bertz CT molecular complexity index is 407. The lowest BCUT2D eigenvalue weighted by Gasteiger charge is -2.41. The Morgan fingerprint density at radius 2 is 2.31 bits per heavy atom. The second kappa shape index (κ2) is 4.60. The van der Waals surface area contributed by atoms with E-state index in [9.17, 15) is 4.39 Å². The molecule has 0 bridgehead atoms. The van der Waals surface area contributed by atoms with E-state index in [1.165, 1.54) is 12.1 Å². The maximum absolute atomic E-state index is 13.0. The molecule has 0 aromatic heterocycles. The van der Waals surface area contributed by atoms with Crippen LogP contribution in [0.4, 0.5) is 4.39 Å². The first-order valence-corrected chi connectivity index (χ1v) is 5.33. The van der Waals surface area contributed by atoms with Crippen LogP contribution in [-0.4, -0.2) is 24.5 Å². The van der Waals surface area contributed by atoms with Crippen molar-refractivity contribution in [3.8, 4) is 6.07 Å². The van der Waals surface area contributed by atoms with Crippen molar-refractivity contribution in [2.45, 2.75) is 6.04 Å². The van der Waals surface area contributed by atoms with Crippen LogP contribution in [0.5, 0.6) is 0 Å². The first kappa shape index (κ1) is 11.1. The summed E-state index contributed by atoms with van der Waals surface area (Å²) < 4.78 is 13.0. The normalized spacial score (nSPS) is 18.8. The summed E-state index contributed by atoms with van der Waals surface area (Å²) in [7, 11) is 0. The molecule has 0 radical (unpaired) electrons. The van der Waals surface area contributed by atoms with Crippen molar-refractivity contribution in [3.05, 3.63) is 35.6 Å². The SMILES string of the molecule is N#CC(c1cccc(F)c1)N1CC(CN)C1. The largest absolute Gasteiger partial charge is 0.330 e. The maximum atomic E-state index is 13.0. The Hall–Kier alpha value is -1.44. The highest BCUT2D eigenvalue weighted by atomic mass is 19.1. The summed E-state index contributed by atoms with van der Waals surface area (Å²) in [6, 6.07) is 8.09. The van der Waals surface area contributed by atoms with Gasteiger partial charge in [-0.1, -0.05) is 12.1 Å². The smallest absolute Gasteiger partial charge is 0.123 e. The summed E-state index contributed by atoms with van der Waals surface area (Å²) in [6.07, 6.45) is 0. The van der Waals surface area contributed by atoms with E-state index in [4.69, 9.17) is 11.0 Å². The first-order valence-electron chi connectivity index (χ1n) is 5.33. The van der Waals surface area contributed by atoms with Crippen molar-refractivity contribution in [2.24, 2.45) is 11.7 Å². The average Bonchev–Trinajstić information content (AvgIpc) is 2.22. The molecule has 0 saturated carbocycles. The molecule has 0 spiro atoms. The molecule has 3 nitrogen and oxygen atoms in total. The summed E-state index contributed by atoms with van der Waals surface area (Å²) in [5, 5.41) is 9.12. The van der Waals surface area contributed by atoms with Gasteiger partial charge < -0.3 is 5.73 Å². The van der Waals surface area contributed by atoms with Crippen LogP contribution in [0.3, 0.4) is 0 Å². The van der Waals surface area contributed by atoms with E-state index in [0.717, 1.165) is 18.7 Å². The fourth-order valence-corrected chi connectivity index (χ4v) is 2.01. The van der Waals surface area contributed by atoms with Gasteiger partial charge in [-0.05, 0) is 30.2 Å². The van der Waals surface area contributed by atoms with E-state index in [-0.39, 0.29) is 11.9 Å². The number of hydrogen-bond acceptors (Lipinski definition) is 3. The number of likely N-dealkylation sites (tertiary alicyclic amines) is 1. The third kappa shape index (κ3) is 2.06. The Morgan fingerprint density at radius 3 is 2.88 bits per heavy atom. The van der Waals surface area contributed by atoms with Gasteiger partial charge in [0, 0.05) is 13.1 Å². The molecule has 2 rings (SSSR count). The van der Waals surface area contributed by atoms with E-state index >= 15 is 0 Å². The van der Waals surface area contributed by atoms with Crippen LogP contribution in [0.1, 0.15) is 11.6 Å². The molecule has 2 N–H and O–H groups in total. The highest BCUT2D eigenvalue weighted by Crippen LogP contribution is 2.27. The zero-order chi connectivity index (χ0) is 11.5. The molecule has 1 aromatic carbocycles. The van der Waals surface area contributed by atoms with E-state index in [1.807, 2.05) is 4.90 Å². The Kier molecular flexibility index (Phi) is 3.18. The van der Waals surface area contributed by atoms with E-state index in [1.54, 1.807) is 12.1 Å². The van der Waals surface area contributed by atoms with Crippen LogP contribution in [-0.2, 0) is 0 Å². The van der Waals surface area contributed by atoms with Crippen molar-refractivity contribution >= 4 is 0 Å². The van der Waals surface area contributed by atoms with Gasteiger partial charge in [-0.2, -0.15) is 5.26 Å². The van der Waals surface area contributed by atoms with E-state index in [2.05, 4.69) is 6.07 Å². The van der Waals surface area contributed by atoms with E-state index < -0.39 is 0 Å². The minimum atomic E-state index is -0.349. The van der Waals surface area contributed by atoms with Crippen molar-refractivity contribution < 1.29 is 4.39 Å². The molecule has 4 heteroatoms. The van der Waals surface area contributed by atoms with Crippen LogP contribution < -0.4 is 5.73 Å². The molecular weight excluding hydrogens is 205 g/mol. The highest BCUT2D eigenvalue weighted by molar-refractivity contribution is 5.25. The number of benzene rings is 1. The first-order chi connectivity index (χ1) is 7.74. The Morgan fingerprint density at radius 1 is 1.56 bits per heavy atom. The molecule has 1 aromatic rings. The van der Waals surface area contributed by atoms with Crippen molar-refractivity contribution in [1.82, 2.24) is 4.90 Å². The molecule has 84 valence electrons. The molecule has 1 unspecified atom stereocenters. The fourth-order valence-electron chi connectivity index (χ4n) is 2.01. The third-order valence-electron chi connectivity index (χ3n) is 2.97. The maximum Gasteiger partial charge on any atom is 0.123 e. The lowest BCUT2D eigenvalue weighted by atomic mass is 9.95. The minimum Gasteiger partial charge on any atom is -0.330 e. The van der Waals surface area contributed by atoms with Gasteiger partial charge >= 0.3 is 0 Å². The van der Waals surface area contributed by atoms with Gasteiger partial charge in [0.25, 0.3) is 0 Å². The Labute approximate surface area is 94.3 Å². The zero-order valence-corrected chi connectivity index (χ0v) is 8.94. The van der Waals surface area contributed by atoms with Gasteiger partial charge in [0.2, 0.25) is 0 Å². The topological polar surface area (TPSA) is 53.0 Å². The van der Waals surface area contributed by atoms with E-state index in [0.29, 0.717) is 12.5 Å². The molecule has 1 aliphatic heterocycles. The molecule has 1 saturated heterocycles. The number of nitriles is 1. The summed E-state index contributed by atoms with van der Waals surface area (Å²) in [5.74, 6) is 0.179. The van der Waals surface area contributed by atoms with Gasteiger partial charge in [-0.3, -0.25) is 4.90 Å². The van der Waals surface area contributed by atoms with Crippen LogP contribution in [0.25, 0.3) is 0 Å². The van der Waals surface area contributed by atoms with Gasteiger partial charge in [0.1, 0.15) is 11.9 Å². The number of rotatable bonds is 3. The molecular formula is C12H14FN3. The molecule has 1 fully saturated rings.